The highest BCUT2D eigenvalue weighted by Crippen LogP contribution is 2.38. The van der Waals surface area contributed by atoms with Gasteiger partial charge >= 0.3 is 0 Å². The van der Waals surface area contributed by atoms with Gasteiger partial charge < -0.3 is 14.5 Å². The molecule has 3 rings (SSSR count). The summed E-state index contributed by atoms with van der Waals surface area (Å²) in [7, 11) is 5.68. The van der Waals surface area contributed by atoms with Crippen molar-refractivity contribution in [1.82, 2.24) is 4.90 Å². The smallest absolute Gasteiger partial charge is 0.291 e. The van der Waals surface area contributed by atoms with Gasteiger partial charge in [0.2, 0.25) is 5.78 Å². The van der Waals surface area contributed by atoms with Crippen LogP contribution >= 0.6 is 0 Å². The fourth-order valence-electron chi connectivity index (χ4n) is 4.36. The SMILES string of the molecule is CCc1ccc(C2C(C(=O)c3ccc(OC)c(C)c3)C(=O)C(=O)N2CCC[NH+](C)C)cc1. The molecule has 6 heteroatoms. The summed E-state index contributed by atoms with van der Waals surface area (Å²) < 4.78 is 5.29. The highest BCUT2D eigenvalue weighted by molar-refractivity contribution is 6.44. The fourth-order valence-corrected chi connectivity index (χ4v) is 4.36. The number of nitrogens with zero attached hydrogens (tertiary/aromatic N) is 1. The number of hydrogen-bond acceptors (Lipinski definition) is 4. The maximum absolute atomic E-state index is 13.5. The molecule has 0 bridgehead atoms. The lowest BCUT2D eigenvalue weighted by Crippen LogP contribution is -3.05. The number of nitrogens with one attached hydrogen (secondary N) is 1. The van der Waals surface area contributed by atoms with Gasteiger partial charge in [-0.15, -0.1) is 0 Å². The minimum atomic E-state index is -1.05. The molecule has 32 heavy (non-hydrogen) atoms. The first-order valence-electron chi connectivity index (χ1n) is 11.2. The molecule has 2 unspecified atom stereocenters. The first kappa shape index (κ1) is 23.7. The van der Waals surface area contributed by atoms with Crippen LogP contribution in [0.5, 0.6) is 5.75 Å². The number of hydrogen-bond donors (Lipinski definition) is 1. The van der Waals surface area contributed by atoms with Crippen LogP contribution in [0.1, 0.15) is 46.4 Å². The van der Waals surface area contributed by atoms with Crippen molar-refractivity contribution in [3.05, 3.63) is 64.7 Å². The number of ketones is 2. The Bertz CT molecular complexity index is 997. The van der Waals surface area contributed by atoms with E-state index >= 15 is 0 Å². The molecule has 6 nitrogen and oxygen atoms in total. The number of benzene rings is 2. The summed E-state index contributed by atoms with van der Waals surface area (Å²) in [5, 5.41) is 0. The first-order chi connectivity index (χ1) is 15.3. The van der Waals surface area contributed by atoms with Crippen molar-refractivity contribution in [2.75, 3.05) is 34.3 Å². The first-order valence-corrected chi connectivity index (χ1v) is 11.2. The molecule has 170 valence electrons. The van der Waals surface area contributed by atoms with Crippen LogP contribution in [-0.4, -0.2) is 56.7 Å². The molecule has 1 aliphatic rings. The van der Waals surface area contributed by atoms with Gasteiger partial charge in [-0.25, -0.2) is 0 Å². The lowest BCUT2D eigenvalue weighted by atomic mass is 9.85. The van der Waals surface area contributed by atoms with Crippen LogP contribution in [0.2, 0.25) is 0 Å². The molecule has 1 N–H and O–H groups in total. The van der Waals surface area contributed by atoms with Gasteiger partial charge in [0.1, 0.15) is 11.7 Å². The van der Waals surface area contributed by atoms with Crippen LogP contribution in [0.15, 0.2) is 42.5 Å². The van der Waals surface area contributed by atoms with Gasteiger partial charge in [0.15, 0.2) is 5.78 Å². The second-order valence-electron chi connectivity index (χ2n) is 8.74. The van der Waals surface area contributed by atoms with Crippen LogP contribution in [0.4, 0.5) is 0 Å². The summed E-state index contributed by atoms with van der Waals surface area (Å²) in [6.45, 7) is 5.25. The lowest BCUT2D eigenvalue weighted by Gasteiger charge is -2.27. The van der Waals surface area contributed by atoms with Crippen molar-refractivity contribution < 1.29 is 24.0 Å². The van der Waals surface area contributed by atoms with E-state index in [0.29, 0.717) is 17.9 Å². The number of amides is 1. The summed E-state index contributed by atoms with van der Waals surface area (Å²) in [5.41, 5.74) is 3.22. The average molecular weight is 438 g/mol. The van der Waals surface area contributed by atoms with E-state index in [1.807, 2.05) is 31.2 Å². The van der Waals surface area contributed by atoms with E-state index in [-0.39, 0.29) is 5.78 Å². The number of carbonyl (C=O) groups excluding carboxylic acids is 3. The normalized spacial score (nSPS) is 18.5. The molecular weight excluding hydrogens is 404 g/mol. The Labute approximate surface area is 190 Å². The molecule has 2 aromatic carbocycles. The third-order valence-corrected chi connectivity index (χ3v) is 6.17. The zero-order valence-electron chi connectivity index (χ0n) is 19.6. The number of quaternary nitrogens is 1. The zero-order valence-corrected chi connectivity index (χ0v) is 19.6. The van der Waals surface area contributed by atoms with Gasteiger partial charge in [0.05, 0.1) is 33.8 Å². The van der Waals surface area contributed by atoms with Gasteiger partial charge in [-0.3, -0.25) is 14.4 Å². The van der Waals surface area contributed by atoms with Crippen molar-refractivity contribution >= 4 is 17.5 Å². The number of methoxy groups -OCH3 is 1. The van der Waals surface area contributed by atoms with E-state index in [2.05, 4.69) is 21.0 Å². The van der Waals surface area contributed by atoms with Crippen molar-refractivity contribution in [3.63, 3.8) is 0 Å². The highest BCUT2D eigenvalue weighted by Gasteiger charge is 2.51. The number of likely N-dealkylation sites (tertiary alicyclic amines) is 1. The Kier molecular flexibility index (Phi) is 7.46. The minimum Gasteiger partial charge on any atom is -0.496 e. The van der Waals surface area contributed by atoms with Gasteiger partial charge in [-0.05, 0) is 48.2 Å². The van der Waals surface area contributed by atoms with Crippen LogP contribution in [-0.2, 0) is 16.0 Å². The standard InChI is InChI=1S/C26H32N2O4/c1-6-18-8-10-19(11-9-18)23-22(24(29)20-12-13-21(32-5)17(2)16-20)25(30)26(31)28(23)15-7-14-27(3)4/h8-13,16,22-23H,6-7,14-15H2,1-5H3/p+1. The molecule has 2 aromatic rings. The van der Waals surface area contributed by atoms with Crippen LogP contribution in [0.25, 0.3) is 0 Å². The molecule has 0 radical (unpaired) electrons. The molecule has 1 amide bonds. The molecule has 2 atom stereocenters. The van der Waals surface area contributed by atoms with Gasteiger partial charge in [0.25, 0.3) is 5.91 Å². The predicted molar refractivity (Wildman–Crippen MR) is 123 cm³/mol. The third-order valence-electron chi connectivity index (χ3n) is 6.17. The maximum atomic E-state index is 13.5. The summed E-state index contributed by atoms with van der Waals surface area (Å²) >= 11 is 0. The molecule has 1 heterocycles. The van der Waals surface area contributed by atoms with E-state index < -0.39 is 23.7 Å². The molecule has 0 aromatic heterocycles. The Balaban J connectivity index is 2.00. The molecular formula is C26H33N2O4+. The minimum absolute atomic E-state index is 0.320. The van der Waals surface area contributed by atoms with E-state index in [1.54, 1.807) is 30.2 Å². The average Bonchev–Trinajstić information content (AvgIpc) is 3.03. The molecule has 1 fully saturated rings. The lowest BCUT2D eigenvalue weighted by molar-refractivity contribution is -0.858. The zero-order chi connectivity index (χ0) is 23.4. The number of ether oxygens (including phenoxy) is 1. The Morgan fingerprint density at radius 3 is 2.34 bits per heavy atom. The summed E-state index contributed by atoms with van der Waals surface area (Å²) in [6.07, 6.45) is 1.65. The highest BCUT2D eigenvalue weighted by atomic mass is 16.5. The van der Waals surface area contributed by atoms with Crippen LogP contribution in [0.3, 0.4) is 0 Å². The Morgan fingerprint density at radius 1 is 1.09 bits per heavy atom. The van der Waals surface area contributed by atoms with Crippen molar-refractivity contribution in [2.45, 2.75) is 32.7 Å². The van der Waals surface area contributed by atoms with Gasteiger partial charge in [-0.1, -0.05) is 31.2 Å². The predicted octanol–water partition coefficient (Wildman–Crippen LogP) is 2.05. The Hall–Kier alpha value is -2.99. The molecule has 1 saturated heterocycles. The van der Waals surface area contributed by atoms with Crippen molar-refractivity contribution in [1.29, 1.82) is 0 Å². The number of aryl methyl sites for hydroxylation is 2. The Morgan fingerprint density at radius 2 is 1.78 bits per heavy atom. The number of carbonyl (C=O) groups is 3. The fraction of sp³-hybridized carbons (Fsp3) is 0.423. The van der Waals surface area contributed by atoms with E-state index in [1.165, 1.54) is 10.5 Å². The largest absolute Gasteiger partial charge is 0.496 e. The maximum Gasteiger partial charge on any atom is 0.291 e. The molecule has 1 aliphatic heterocycles. The molecule has 0 spiro atoms. The molecule has 0 aliphatic carbocycles. The van der Waals surface area contributed by atoms with Crippen molar-refractivity contribution in [3.8, 4) is 5.75 Å². The second kappa shape index (κ2) is 10.1. The van der Waals surface area contributed by atoms with E-state index in [9.17, 15) is 14.4 Å². The van der Waals surface area contributed by atoms with Crippen molar-refractivity contribution in [2.24, 2.45) is 5.92 Å². The second-order valence-corrected chi connectivity index (χ2v) is 8.74. The summed E-state index contributed by atoms with van der Waals surface area (Å²) in [4.78, 5) is 42.5. The quantitative estimate of drug-likeness (QED) is 0.370. The molecule has 0 saturated carbocycles. The van der Waals surface area contributed by atoms with Gasteiger partial charge in [-0.2, -0.15) is 0 Å². The van der Waals surface area contributed by atoms with Crippen LogP contribution in [0, 0.1) is 12.8 Å². The number of rotatable bonds is 9. The van der Waals surface area contributed by atoms with E-state index in [0.717, 1.165) is 30.5 Å². The van der Waals surface area contributed by atoms with Crippen LogP contribution < -0.4 is 9.64 Å². The monoisotopic (exact) mass is 437 g/mol. The summed E-state index contributed by atoms with van der Waals surface area (Å²) in [5.74, 6) is -1.87. The summed E-state index contributed by atoms with van der Waals surface area (Å²) in [6, 6.07) is 12.4. The van der Waals surface area contributed by atoms with E-state index in [4.69, 9.17) is 4.74 Å². The van der Waals surface area contributed by atoms with Gasteiger partial charge in [0, 0.05) is 18.5 Å². The topological polar surface area (TPSA) is 68.1 Å². The number of Topliss-reactive ketones (excluding diaryl/α,β-unsaturated/α-hetero) is 2. The third kappa shape index (κ3) is 4.75.